The van der Waals surface area contributed by atoms with E-state index in [0.29, 0.717) is 17.9 Å². The van der Waals surface area contributed by atoms with E-state index in [-0.39, 0.29) is 11.5 Å². The van der Waals surface area contributed by atoms with Crippen LogP contribution in [0.3, 0.4) is 0 Å². The van der Waals surface area contributed by atoms with Gasteiger partial charge in [0, 0.05) is 12.6 Å². The summed E-state index contributed by atoms with van der Waals surface area (Å²) in [5, 5.41) is 10.4. The van der Waals surface area contributed by atoms with E-state index in [9.17, 15) is 5.11 Å². The largest absolute Gasteiger partial charge is 0.483 e. The molecule has 0 aromatic heterocycles. The Hall–Kier alpha value is -1.39. The van der Waals surface area contributed by atoms with Gasteiger partial charge in [0.2, 0.25) is 5.90 Å². The van der Waals surface area contributed by atoms with Crippen LogP contribution < -0.4 is 0 Å². The smallest absolute Gasteiger partial charge is 0.200 e. The van der Waals surface area contributed by atoms with Crippen LogP contribution in [-0.4, -0.2) is 48.2 Å². The van der Waals surface area contributed by atoms with E-state index in [1.807, 2.05) is 0 Å². The highest BCUT2D eigenvalue weighted by Crippen LogP contribution is 2.55. The molecule has 0 unspecified atom stereocenters. The summed E-state index contributed by atoms with van der Waals surface area (Å²) in [4.78, 5) is 7.55. The predicted molar refractivity (Wildman–Crippen MR) is 98.2 cm³/mol. The zero-order valence-electron chi connectivity index (χ0n) is 15.2. The summed E-state index contributed by atoms with van der Waals surface area (Å²) >= 11 is 0. The van der Waals surface area contributed by atoms with Crippen molar-refractivity contribution >= 4 is 11.6 Å². The van der Waals surface area contributed by atoms with Crippen LogP contribution in [-0.2, 0) is 10.2 Å². The van der Waals surface area contributed by atoms with Crippen LogP contribution in [0, 0.1) is 17.8 Å². The molecule has 5 rings (SSSR count). The highest BCUT2D eigenvalue weighted by Gasteiger charge is 2.59. The average Bonchev–Trinajstić information content (AvgIpc) is 3.17. The topological polar surface area (TPSA) is 45.1 Å². The summed E-state index contributed by atoms with van der Waals surface area (Å²) < 4.78 is 5.84. The molecule has 1 N–H and O–H groups in total. The Morgan fingerprint density at radius 3 is 2.96 bits per heavy atom. The Bertz CT molecular complexity index is 718. The number of rotatable bonds is 0. The van der Waals surface area contributed by atoms with E-state index in [1.54, 1.807) is 7.11 Å². The summed E-state index contributed by atoms with van der Waals surface area (Å²) in [7, 11) is 1.77. The summed E-state index contributed by atoms with van der Waals surface area (Å²) in [5.74, 6) is 2.66. The van der Waals surface area contributed by atoms with Crippen molar-refractivity contribution in [1.82, 2.24) is 4.90 Å². The lowest BCUT2D eigenvalue weighted by molar-refractivity contribution is -0.0409. The third-order valence-electron chi connectivity index (χ3n) is 7.67. The number of nitrogens with zero attached hydrogens (tertiary/aromatic N) is 2. The zero-order chi connectivity index (χ0) is 17.2. The third-order valence-corrected chi connectivity index (χ3v) is 7.67. The van der Waals surface area contributed by atoms with E-state index in [1.165, 1.54) is 18.5 Å². The number of methoxy groups -OCH3 is 1. The number of hydrogen-bond acceptors (Lipinski definition) is 4. The molecule has 3 heterocycles. The van der Waals surface area contributed by atoms with Crippen molar-refractivity contribution in [2.75, 3.05) is 20.2 Å². The van der Waals surface area contributed by atoms with Crippen LogP contribution in [0.4, 0.5) is 5.69 Å². The molecule has 4 aliphatic rings. The molecule has 0 amide bonds. The first-order chi connectivity index (χ1) is 12.1. The van der Waals surface area contributed by atoms with Crippen molar-refractivity contribution in [3.63, 3.8) is 0 Å². The molecule has 2 saturated heterocycles. The molecule has 4 nitrogen and oxygen atoms in total. The molecule has 1 spiro atoms. The van der Waals surface area contributed by atoms with Gasteiger partial charge >= 0.3 is 0 Å². The molecule has 4 heteroatoms. The number of piperidine rings is 1. The fourth-order valence-electron chi connectivity index (χ4n) is 6.36. The quantitative estimate of drug-likeness (QED) is 0.789. The Kier molecular flexibility index (Phi) is 3.52. The van der Waals surface area contributed by atoms with Gasteiger partial charge in [-0.05, 0) is 61.6 Å². The Labute approximate surface area is 149 Å². The summed E-state index contributed by atoms with van der Waals surface area (Å²) in [6.07, 6.45) is 4.27. The standard InChI is InChI=1S/C21H28N2O2/c1-13-15-11-19-21(9-10-23(19)12-14(15)7-8-18(13)24)16-5-3-4-6-17(16)22-20(21)25-2/h3-6,13-15,18-19,24H,7-12H2,1-2H3/t13-,14+,15-,18+,19+,21+/m1/s1. The number of hydrogen-bond donors (Lipinski definition) is 1. The monoisotopic (exact) mass is 340 g/mol. The Morgan fingerprint density at radius 1 is 1.28 bits per heavy atom. The van der Waals surface area contributed by atoms with Crippen molar-refractivity contribution in [3.05, 3.63) is 29.8 Å². The fourth-order valence-corrected chi connectivity index (χ4v) is 6.36. The highest BCUT2D eigenvalue weighted by atomic mass is 16.5. The van der Waals surface area contributed by atoms with Gasteiger partial charge in [-0.25, -0.2) is 4.99 Å². The molecule has 25 heavy (non-hydrogen) atoms. The van der Waals surface area contributed by atoms with Gasteiger partial charge in [0.1, 0.15) is 0 Å². The molecule has 1 aliphatic carbocycles. The SMILES string of the molecule is COC1=Nc2ccccc2[C@]12CCN1C[C@@H]3CC[C@H](O)[C@H](C)[C@H]3C[C@H]12. The van der Waals surface area contributed by atoms with E-state index in [0.717, 1.165) is 43.3 Å². The molecule has 0 bridgehead atoms. The average molecular weight is 340 g/mol. The van der Waals surface area contributed by atoms with Gasteiger partial charge in [0.25, 0.3) is 0 Å². The van der Waals surface area contributed by atoms with Gasteiger partial charge in [0.15, 0.2) is 0 Å². The van der Waals surface area contributed by atoms with Crippen molar-refractivity contribution in [1.29, 1.82) is 0 Å². The molecular weight excluding hydrogens is 312 g/mol. The van der Waals surface area contributed by atoms with Gasteiger partial charge < -0.3 is 9.84 Å². The molecule has 6 atom stereocenters. The van der Waals surface area contributed by atoms with Crippen molar-refractivity contribution in [2.45, 2.75) is 50.2 Å². The van der Waals surface area contributed by atoms with Crippen LogP contribution in [0.1, 0.15) is 38.2 Å². The van der Waals surface area contributed by atoms with Crippen molar-refractivity contribution < 1.29 is 9.84 Å². The van der Waals surface area contributed by atoms with Gasteiger partial charge in [-0.3, -0.25) is 4.90 Å². The minimum Gasteiger partial charge on any atom is -0.483 e. The first kappa shape index (κ1) is 15.8. The molecular formula is C21H28N2O2. The van der Waals surface area contributed by atoms with Crippen LogP contribution in [0.25, 0.3) is 0 Å². The molecule has 1 aromatic carbocycles. The minimum absolute atomic E-state index is 0.0849. The Balaban J connectivity index is 1.55. The third kappa shape index (κ3) is 2.04. The van der Waals surface area contributed by atoms with E-state index in [2.05, 4.69) is 36.1 Å². The summed E-state index contributed by atoms with van der Waals surface area (Å²) in [6.45, 7) is 4.56. The van der Waals surface area contributed by atoms with E-state index in [4.69, 9.17) is 9.73 Å². The number of para-hydroxylation sites is 1. The van der Waals surface area contributed by atoms with Gasteiger partial charge in [-0.2, -0.15) is 0 Å². The van der Waals surface area contributed by atoms with Crippen LogP contribution >= 0.6 is 0 Å². The van der Waals surface area contributed by atoms with Crippen molar-refractivity contribution in [2.24, 2.45) is 22.7 Å². The number of fused-ring (bicyclic) bond motifs is 5. The number of aliphatic hydroxyl groups excluding tert-OH is 1. The second kappa shape index (κ2) is 5.55. The minimum atomic E-state index is -0.128. The fraction of sp³-hybridized carbons (Fsp3) is 0.667. The second-order valence-corrected chi connectivity index (χ2v) is 8.53. The lowest BCUT2D eigenvalue weighted by Gasteiger charge is -2.50. The maximum Gasteiger partial charge on any atom is 0.200 e. The van der Waals surface area contributed by atoms with Gasteiger partial charge in [-0.15, -0.1) is 0 Å². The number of ether oxygens (including phenoxy) is 1. The summed E-state index contributed by atoms with van der Waals surface area (Å²) in [6, 6.07) is 9.02. The number of aliphatic imine (C=N–C) groups is 1. The van der Waals surface area contributed by atoms with E-state index < -0.39 is 0 Å². The normalized spacial score (nSPS) is 42.7. The maximum absolute atomic E-state index is 10.4. The number of benzene rings is 1. The molecule has 1 saturated carbocycles. The van der Waals surface area contributed by atoms with Gasteiger partial charge in [-0.1, -0.05) is 25.1 Å². The van der Waals surface area contributed by atoms with Crippen LogP contribution in [0.15, 0.2) is 29.3 Å². The second-order valence-electron chi connectivity index (χ2n) is 8.53. The molecule has 1 aromatic rings. The van der Waals surface area contributed by atoms with Crippen LogP contribution in [0.5, 0.6) is 0 Å². The molecule has 134 valence electrons. The predicted octanol–water partition coefficient (Wildman–Crippen LogP) is 3.12. The molecule has 0 radical (unpaired) electrons. The first-order valence-corrected chi connectivity index (χ1v) is 9.80. The van der Waals surface area contributed by atoms with Gasteiger partial charge in [0.05, 0.1) is 24.3 Å². The maximum atomic E-state index is 10.4. The zero-order valence-corrected chi connectivity index (χ0v) is 15.2. The number of aliphatic hydroxyl groups is 1. The molecule has 3 aliphatic heterocycles. The first-order valence-electron chi connectivity index (χ1n) is 9.80. The van der Waals surface area contributed by atoms with Crippen molar-refractivity contribution in [3.8, 4) is 0 Å². The lowest BCUT2D eigenvalue weighted by Crippen LogP contribution is -2.56. The van der Waals surface area contributed by atoms with Crippen LogP contribution in [0.2, 0.25) is 0 Å². The highest BCUT2D eigenvalue weighted by molar-refractivity contribution is 5.97. The Morgan fingerprint density at radius 2 is 2.12 bits per heavy atom. The lowest BCUT2D eigenvalue weighted by atomic mass is 9.62. The van der Waals surface area contributed by atoms with E-state index >= 15 is 0 Å². The summed E-state index contributed by atoms with van der Waals surface area (Å²) in [5.41, 5.74) is 2.35. The molecule has 3 fully saturated rings.